The average molecular weight is 751 g/mol. The zero-order chi connectivity index (χ0) is 39.8. The van der Waals surface area contributed by atoms with Crippen LogP contribution in [0.4, 0.5) is 0 Å². The SMILES string of the molecule is CC(C)C[C@H](NC(=O)[C@@H](N)CO)C(=O)N1CCC[C@H]1C(=O)N[C@@H](C)C(=O)N[C@@H](Cc1cnc[nH]1)C(=O)N[C@@H](C)C(=O)N[C@@H](CCCN=C(N)N)C(=O)O. The molecule has 53 heavy (non-hydrogen) atoms. The lowest BCUT2D eigenvalue weighted by atomic mass is 10.0. The molecule has 0 bridgehead atoms. The van der Waals surface area contributed by atoms with Crippen molar-refractivity contribution < 1.29 is 43.8 Å². The first-order chi connectivity index (χ1) is 24.9. The molecule has 2 heterocycles. The summed E-state index contributed by atoms with van der Waals surface area (Å²) in [6, 6.07) is -8.10. The molecule has 0 spiro atoms. The lowest BCUT2D eigenvalue weighted by molar-refractivity contribution is -0.142. The van der Waals surface area contributed by atoms with Crippen molar-refractivity contribution in [3.8, 4) is 0 Å². The maximum Gasteiger partial charge on any atom is 0.326 e. The fourth-order valence-electron chi connectivity index (χ4n) is 5.49. The van der Waals surface area contributed by atoms with Crippen LogP contribution >= 0.6 is 0 Å². The van der Waals surface area contributed by atoms with Crippen LogP contribution in [-0.4, -0.2) is 134 Å². The number of hydrogen-bond donors (Lipinski definition) is 11. The number of amides is 6. The molecule has 21 nitrogen and oxygen atoms in total. The summed E-state index contributed by atoms with van der Waals surface area (Å²) < 4.78 is 0. The van der Waals surface area contributed by atoms with Gasteiger partial charge in [-0.2, -0.15) is 0 Å². The minimum atomic E-state index is -1.29. The number of carbonyl (C=O) groups is 7. The third-order valence-electron chi connectivity index (χ3n) is 8.37. The number of aromatic amines is 1. The lowest BCUT2D eigenvalue weighted by Gasteiger charge is -2.30. The number of nitrogens with two attached hydrogens (primary N) is 3. The third-order valence-corrected chi connectivity index (χ3v) is 8.37. The number of carboxylic acid groups (broad SMARTS) is 1. The first-order valence-corrected chi connectivity index (χ1v) is 17.4. The molecule has 21 heteroatoms. The van der Waals surface area contributed by atoms with E-state index in [9.17, 15) is 43.8 Å². The Hall–Kier alpha value is -5.31. The number of aliphatic imine (C=N–C) groups is 1. The molecule has 296 valence electrons. The van der Waals surface area contributed by atoms with E-state index in [1.807, 2.05) is 13.8 Å². The number of H-pyrrole nitrogens is 1. The Labute approximate surface area is 307 Å². The summed E-state index contributed by atoms with van der Waals surface area (Å²) >= 11 is 0. The van der Waals surface area contributed by atoms with Gasteiger partial charge in [-0.25, -0.2) is 9.78 Å². The van der Waals surface area contributed by atoms with E-state index in [2.05, 4.69) is 41.5 Å². The van der Waals surface area contributed by atoms with Crippen LogP contribution in [0.1, 0.15) is 65.5 Å². The van der Waals surface area contributed by atoms with Gasteiger partial charge in [0.25, 0.3) is 0 Å². The van der Waals surface area contributed by atoms with Gasteiger partial charge in [0.15, 0.2) is 5.96 Å². The quantitative estimate of drug-likeness (QED) is 0.0324. The number of rotatable bonds is 21. The molecule has 0 aliphatic carbocycles. The van der Waals surface area contributed by atoms with Gasteiger partial charge >= 0.3 is 5.97 Å². The van der Waals surface area contributed by atoms with E-state index in [1.54, 1.807) is 0 Å². The van der Waals surface area contributed by atoms with Crippen LogP contribution in [0.15, 0.2) is 17.5 Å². The minimum absolute atomic E-state index is 0.00739. The Balaban J connectivity index is 2.09. The van der Waals surface area contributed by atoms with Crippen molar-refractivity contribution in [2.75, 3.05) is 19.7 Å². The molecule has 6 amide bonds. The molecule has 0 aromatic carbocycles. The molecule has 1 fully saturated rings. The van der Waals surface area contributed by atoms with Crippen molar-refractivity contribution in [2.24, 2.45) is 28.1 Å². The number of hydrogen-bond acceptors (Lipinski definition) is 11. The number of aliphatic hydroxyl groups is 1. The molecule has 0 saturated carbocycles. The molecular formula is C32H54N12O9. The van der Waals surface area contributed by atoms with E-state index in [0.717, 1.165) is 0 Å². The Morgan fingerprint density at radius 3 is 2.11 bits per heavy atom. The summed E-state index contributed by atoms with van der Waals surface area (Å²) in [5.74, 6) is -5.60. The van der Waals surface area contributed by atoms with Gasteiger partial charge in [-0.3, -0.25) is 33.8 Å². The van der Waals surface area contributed by atoms with Crippen LogP contribution in [0.5, 0.6) is 0 Å². The number of aliphatic hydroxyl groups excluding tert-OH is 1. The minimum Gasteiger partial charge on any atom is -0.480 e. The first-order valence-electron chi connectivity index (χ1n) is 17.4. The van der Waals surface area contributed by atoms with Crippen molar-refractivity contribution in [1.82, 2.24) is 41.5 Å². The number of guanidine groups is 1. The second-order valence-corrected chi connectivity index (χ2v) is 13.3. The summed E-state index contributed by atoms with van der Waals surface area (Å²) in [5, 5.41) is 31.4. The van der Waals surface area contributed by atoms with Gasteiger partial charge in [-0.1, -0.05) is 13.8 Å². The third kappa shape index (κ3) is 14.3. The van der Waals surface area contributed by atoms with Crippen LogP contribution < -0.4 is 43.8 Å². The Kier molecular flexibility index (Phi) is 17.6. The van der Waals surface area contributed by atoms with Gasteiger partial charge in [0.2, 0.25) is 35.4 Å². The molecule has 0 radical (unpaired) electrons. The predicted octanol–water partition coefficient (Wildman–Crippen LogP) is -4.09. The maximum absolute atomic E-state index is 13.6. The molecular weight excluding hydrogens is 696 g/mol. The highest BCUT2D eigenvalue weighted by atomic mass is 16.4. The zero-order valence-corrected chi connectivity index (χ0v) is 30.5. The van der Waals surface area contributed by atoms with Crippen molar-refractivity contribution in [3.05, 3.63) is 18.2 Å². The summed E-state index contributed by atoms with van der Waals surface area (Å²) in [6.45, 7) is 6.23. The lowest BCUT2D eigenvalue weighted by Crippen LogP contribution is -2.59. The number of carbonyl (C=O) groups excluding carboxylic acids is 6. The van der Waals surface area contributed by atoms with Gasteiger partial charge in [0, 0.05) is 31.4 Å². The highest BCUT2D eigenvalue weighted by Gasteiger charge is 2.39. The summed E-state index contributed by atoms with van der Waals surface area (Å²) in [7, 11) is 0. The molecule has 1 aliphatic rings. The Bertz CT molecular complexity index is 1450. The van der Waals surface area contributed by atoms with E-state index in [-0.39, 0.29) is 50.7 Å². The van der Waals surface area contributed by atoms with E-state index < -0.39 is 90.3 Å². The highest BCUT2D eigenvalue weighted by molar-refractivity contribution is 5.97. The van der Waals surface area contributed by atoms with Gasteiger partial charge in [0.1, 0.15) is 42.3 Å². The maximum atomic E-state index is 13.6. The van der Waals surface area contributed by atoms with Crippen molar-refractivity contribution in [3.63, 3.8) is 0 Å². The average Bonchev–Trinajstić information content (AvgIpc) is 3.80. The summed E-state index contributed by atoms with van der Waals surface area (Å²) in [5.41, 5.74) is 16.6. The topological polar surface area (TPSA) is 342 Å². The fourth-order valence-corrected chi connectivity index (χ4v) is 5.49. The smallest absolute Gasteiger partial charge is 0.326 e. The number of carboxylic acids is 1. The summed E-state index contributed by atoms with van der Waals surface area (Å²) in [6.07, 6.45) is 4.05. The van der Waals surface area contributed by atoms with Gasteiger partial charge in [0.05, 0.1) is 12.9 Å². The molecule has 2 rings (SSSR count). The largest absolute Gasteiger partial charge is 0.480 e. The first kappa shape index (κ1) is 43.9. The fraction of sp³-hybridized carbons (Fsp3) is 0.656. The Morgan fingerprint density at radius 1 is 0.925 bits per heavy atom. The number of aliphatic carboxylic acids is 1. The van der Waals surface area contributed by atoms with Crippen molar-refractivity contribution in [2.45, 2.75) is 109 Å². The summed E-state index contributed by atoms with van der Waals surface area (Å²) in [4.78, 5) is 103. The highest BCUT2D eigenvalue weighted by Crippen LogP contribution is 2.21. The predicted molar refractivity (Wildman–Crippen MR) is 190 cm³/mol. The standard InChI is InChI=1S/C32H54N12O9/c1-16(2)11-23(43-27(48)20(33)14-45)30(51)44-10-6-8-24(44)29(50)40-18(4)26(47)42-22(12-19-13-36-15-38-19)28(49)39-17(3)25(46)41-21(31(52)53)7-5-9-37-32(34)35/h13,15-18,20-24,45H,5-12,14,33H2,1-4H3,(H,36,38)(H,39,49)(H,40,50)(H,41,46)(H,42,47)(H,43,48)(H,52,53)(H4,34,35,37)/t17-,18-,20-,21-,22-,23-,24-/m0/s1. The van der Waals surface area contributed by atoms with Crippen LogP contribution in [0.25, 0.3) is 0 Å². The Morgan fingerprint density at radius 2 is 1.55 bits per heavy atom. The van der Waals surface area contributed by atoms with Crippen LogP contribution in [-0.2, 0) is 40.0 Å². The molecule has 7 atom stereocenters. The van der Waals surface area contributed by atoms with Gasteiger partial charge in [-0.05, 0) is 51.9 Å². The number of nitrogens with one attached hydrogen (secondary N) is 6. The molecule has 1 aromatic heterocycles. The molecule has 14 N–H and O–H groups in total. The van der Waals surface area contributed by atoms with Gasteiger partial charge in [-0.15, -0.1) is 0 Å². The number of likely N-dealkylation sites (tertiary alicyclic amines) is 1. The van der Waals surface area contributed by atoms with E-state index in [1.165, 1.54) is 31.3 Å². The normalized spacial score (nSPS) is 17.3. The van der Waals surface area contributed by atoms with Crippen molar-refractivity contribution >= 4 is 47.4 Å². The molecule has 1 saturated heterocycles. The zero-order valence-electron chi connectivity index (χ0n) is 30.5. The van der Waals surface area contributed by atoms with Crippen LogP contribution in [0.2, 0.25) is 0 Å². The van der Waals surface area contributed by atoms with E-state index >= 15 is 0 Å². The van der Waals surface area contributed by atoms with Crippen molar-refractivity contribution in [1.29, 1.82) is 0 Å². The van der Waals surface area contributed by atoms with E-state index in [0.29, 0.717) is 18.5 Å². The number of imidazole rings is 1. The second-order valence-electron chi connectivity index (χ2n) is 13.3. The number of aromatic nitrogens is 2. The molecule has 1 aromatic rings. The molecule has 0 unspecified atom stereocenters. The van der Waals surface area contributed by atoms with E-state index in [4.69, 9.17) is 17.2 Å². The monoisotopic (exact) mass is 750 g/mol. The van der Waals surface area contributed by atoms with Crippen LogP contribution in [0.3, 0.4) is 0 Å². The second kappa shape index (κ2) is 21.3. The number of nitrogens with zero attached hydrogens (tertiary/aromatic N) is 3. The molecule has 1 aliphatic heterocycles. The van der Waals surface area contributed by atoms with Crippen LogP contribution in [0, 0.1) is 5.92 Å². The van der Waals surface area contributed by atoms with Gasteiger partial charge < -0.3 is 63.9 Å².